The monoisotopic (exact) mass is 315 g/mol. The number of nitroso groups, excluding NO2 is 1. The third-order valence-electron chi connectivity index (χ3n) is 2.94. The van der Waals surface area contributed by atoms with Crippen molar-refractivity contribution in [1.82, 2.24) is 5.43 Å². The highest BCUT2D eigenvalue weighted by molar-refractivity contribution is 6.30. The summed E-state index contributed by atoms with van der Waals surface area (Å²) in [5.74, 6) is -0.404. The number of hydrogen-bond acceptors (Lipinski definition) is 4. The maximum atomic E-state index is 12.0. The molecule has 0 heterocycles. The SMILES string of the molecule is Cc1cccc(C(CN=O)=NNC(=O)c2cccc(Cl)c2)c1. The summed E-state index contributed by atoms with van der Waals surface area (Å²) < 4.78 is 0. The van der Waals surface area contributed by atoms with Gasteiger partial charge in [-0.2, -0.15) is 10.0 Å². The molecular formula is C16H14ClN3O2. The molecule has 0 aliphatic heterocycles. The number of benzene rings is 2. The third kappa shape index (κ3) is 4.23. The number of halogens is 1. The summed E-state index contributed by atoms with van der Waals surface area (Å²) in [5.41, 5.74) is 4.97. The van der Waals surface area contributed by atoms with E-state index in [-0.39, 0.29) is 6.54 Å². The van der Waals surface area contributed by atoms with Crippen LogP contribution in [0.2, 0.25) is 5.02 Å². The molecule has 0 fully saturated rings. The summed E-state index contributed by atoms with van der Waals surface area (Å²) >= 11 is 5.84. The van der Waals surface area contributed by atoms with Crippen molar-refractivity contribution in [2.24, 2.45) is 10.3 Å². The van der Waals surface area contributed by atoms with Crippen molar-refractivity contribution >= 4 is 23.2 Å². The van der Waals surface area contributed by atoms with Crippen LogP contribution in [0.1, 0.15) is 21.5 Å². The van der Waals surface area contributed by atoms with Gasteiger partial charge in [0.1, 0.15) is 6.54 Å². The van der Waals surface area contributed by atoms with E-state index in [2.05, 4.69) is 15.7 Å². The minimum absolute atomic E-state index is 0.126. The van der Waals surface area contributed by atoms with E-state index in [1.807, 2.05) is 31.2 Å². The van der Waals surface area contributed by atoms with Gasteiger partial charge in [0.2, 0.25) is 0 Å². The zero-order valence-electron chi connectivity index (χ0n) is 11.9. The molecule has 1 amide bonds. The van der Waals surface area contributed by atoms with Crippen LogP contribution in [0.4, 0.5) is 0 Å². The normalized spacial score (nSPS) is 11.1. The molecule has 0 saturated carbocycles. The average molecular weight is 316 g/mol. The number of amides is 1. The van der Waals surface area contributed by atoms with Crippen molar-refractivity contribution in [3.63, 3.8) is 0 Å². The second-order valence-corrected chi connectivity index (χ2v) is 5.10. The van der Waals surface area contributed by atoms with Gasteiger partial charge < -0.3 is 0 Å². The molecular weight excluding hydrogens is 302 g/mol. The van der Waals surface area contributed by atoms with Gasteiger partial charge in [-0.1, -0.05) is 52.7 Å². The van der Waals surface area contributed by atoms with Gasteiger partial charge in [0.15, 0.2) is 0 Å². The van der Waals surface area contributed by atoms with Gasteiger partial charge in [0, 0.05) is 16.1 Å². The first kappa shape index (κ1) is 15.9. The maximum absolute atomic E-state index is 12.0. The number of aryl methyl sites for hydroxylation is 1. The van der Waals surface area contributed by atoms with Crippen molar-refractivity contribution in [3.05, 3.63) is 75.2 Å². The van der Waals surface area contributed by atoms with Crippen molar-refractivity contribution in [2.75, 3.05) is 6.54 Å². The van der Waals surface area contributed by atoms with Crippen molar-refractivity contribution < 1.29 is 4.79 Å². The zero-order valence-corrected chi connectivity index (χ0v) is 12.7. The highest BCUT2D eigenvalue weighted by Gasteiger charge is 2.08. The molecule has 0 spiro atoms. The largest absolute Gasteiger partial charge is 0.271 e. The van der Waals surface area contributed by atoms with Crippen LogP contribution in [0.15, 0.2) is 58.8 Å². The quantitative estimate of drug-likeness (QED) is 0.520. The fraction of sp³-hybridized carbons (Fsp3) is 0.125. The van der Waals surface area contributed by atoms with Crippen molar-refractivity contribution in [1.29, 1.82) is 0 Å². The molecule has 5 nitrogen and oxygen atoms in total. The van der Waals surface area contributed by atoms with Gasteiger partial charge in [-0.15, -0.1) is 0 Å². The predicted molar refractivity (Wildman–Crippen MR) is 87.3 cm³/mol. The first-order valence-corrected chi connectivity index (χ1v) is 6.96. The molecule has 22 heavy (non-hydrogen) atoms. The van der Waals surface area contributed by atoms with Crippen molar-refractivity contribution in [2.45, 2.75) is 6.92 Å². The van der Waals surface area contributed by atoms with Crippen LogP contribution < -0.4 is 5.43 Å². The Morgan fingerprint density at radius 1 is 1.14 bits per heavy atom. The van der Waals surface area contributed by atoms with Gasteiger partial charge in [-0.3, -0.25) is 4.79 Å². The van der Waals surface area contributed by atoms with Gasteiger partial charge in [0.25, 0.3) is 5.91 Å². The Balaban J connectivity index is 2.20. The molecule has 112 valence electrons. The molecule has 1 N–H and O–H groups in total. The Morgan fingerprint density at radius 3 is 2.55 bits per heavy atom. The predicted octanol–water partition coefficient (Wildman–Crippen LogP) is 3.55. The minimum Gasteiger partial charge on any atom is -0.267 e. The smallest absolute Gasteiger partial charge is 0.267 e. The van der Waals surface area contributed by atoms with Crippen LogP contribution in [0.5, 0.6) is 0 Å². The lowest BCUT2D eigenvalue weighted by molar-refractivity contribution is 0.0955. The molecule has 6 heteroatoms. The van der Waals surface area contributed by atoms with E-state index in [0.29, 0.717) is 16.3 Å². The minimum atomic E-state index is -0.404. The Hall–Kier alpha value is -2.53. The van der Waals surface area contributed by atoms with Gasteiger partial charge in [-0.05, 0) is 25.1 Å². The number of hydrazone groups is 1. The van der Waals surface area contributed by atoms with Gasteiger partial charge in [0.05, 0.1) is 5.71 Å². The average Bonchev–Trinajstić information content (AvgIpc) is 2.51. The number of hydrogen-bond donors (Lipinski definition) is 1. The first-order chi connectivity index (χ1) is 10.6. The number of nitrogens with zero attached hydrogens (tertiary/aromatic N) is 2. The fourth-order valence-corrected chi connectivity index (χ4v) is 2.08. The molecule has 0 aliphatic carbocycles. The van der Waals surface area contributed by atoms with E-state index in [9.17, 15) is 9.70 Å². The Morgan fingerprint density at radius 2 is 1.86 bits per heavy atom. The molecule has 0 saturated heterocycles. The van der Waals surface area contributed by atoms with Crippen LogP contribution in [-0.4, -0.2) is 18.2 Å². The van der Waals surface area contributed by atoms with Crippen LogP contribution in [0, 0.1) is 11.8 Å². The molecule has 2 aromatic carbocycles. The van der Waals surface area contributed by atoms with Gasteiger partial charge >= 0.3 is 0 Å². The second kappa shape index (κ2) is 7.47. The summed E-state index contributed by atoms with van der Waals surface area (Å²) in [6.45, 7) is 1.80. The number of nitrogens with one attached hydrogen (secondary N) is 1. The van der Waals surface area contributed by atoms with E-state index in [0.717, 1.165) is 11.1 Å². The molecule has 0 atom stereocenters. The molecule has 0 aromatic heterocycles. The summed E-state index contributed by atoms with van der Waals surface area (Å²) in [5, 5.41) is 7.33. The highest BCUT2D eigenvalue weighted by Crippen LogP contribution is 2.11. The van der Waals surface area contributed by atoms with Crippen molar-refractivity contribution in [3.8, 4) is 0 Å². The topological polar surface area (TPSA) is 70.9 Å². The molecule has 2 rings (SSSR count). The summed E-state index contributed by atoms with van der Waals surface area (Å²) in [4.78, 5) is 22.6. The number of rotatable bonds is 5. The molecule has 0 radical (unpaired) electrons. The lowest BCUT2D eigenvalue weighted by Crippen LogP contribution is -2.21. The lowest BCUT2D eigenvalue weighted by Gasteiger charge is -2.05. The zero-order chi connectivity index (χ0) is 15.9. The summed E-state index contributed by atoms with van der Waals surface area (Å²) in [6.07, 6.45) is 0. The molecule has 0 unspecified atom stereocenters. The third-order valence-corrected chi connectivity index (χ3v) is 3.18. The standard InChI is InChI=1S/C16H14ClN3O2/c1-11-4-2-5-12(8-11)15(10-18-22)19-20-16(21)13-6-3-7-14(17)9-13/h2-9H,10H2,1H3,(H,20,21). The number of carbonyl (C=O) groups excluding carboxylic acids is 1. The van der Waals surface area contributed by atoms with Crippen LogP contribution in [-0.2, 0) is 0 Å². The van der Waals surface area contributed by atoms with Crippen LogP contribution >= 0.6 is 11.6 Å². The maximum Gasteiger partial charge on any atom is 0.271 e. The van der Waals surface area contributed by atoms with Gasteiger partial charge in [-0.25, -0.2) is 5.43 Å². The second-order valence-electron chi connectivity index (χ2n) is 4.67. The summed E-state index contributed by atoms with van der Waals surface area (Å²) in [7, 11) is 0. The Labute approximate surface area is 133 Å². The number of carbonyl (C=O) groups is 1. The van der Waals surface area contributed by atoms with E-state index in [1.54, 1.807) is 18.2 Å². The molecule has 0 bridgehead atoms. The first-order valence-electron chi connectivity index (χ1n) is 6.59. The molecule has 2 aromatic rings. The summed E-state index contributed by atoms with van der Waals surface area (Å²) in [6, 6.07) is 14.0. The molecule has 0 aliphatic rings. The van der Waals surface area contributed by atoms with E-state index < -0.39 is 5.91 Å². The van der Waals surface area contributed by atoms with Crippen LogP contribution in [0.25, 0.3) is 0 Å². The van der Waals surface area contributed by atoms with E-state index in [1.165, 1.54) is 6.07 Å². The lowest BCUT2D eigenvalue weighted by atomic mass is 10.1. The van der Waals surface area contributed by atoms with E-state index in [4.69, 9.17) is 11.6 Å². The fourth-order valence-electron chi connectivity index (χ4n) is 1.89. The van der Waals surface area contributed by atoms with Crippen LogP contribution in [0.3, 0.4) is 0 Å². The Kier molecular flexibility index (Phi) is 5.38. The Bertz CT molecular complexity index is 729. The van der Waals surface area contributed by atoms with E-state index >= 15 is 0 Å². The highest BCUT2D eigenvalue weighted by atomic mass is 35.5.